The summed E-state index contributed by atoms with van der Waals surface area (Å²) in [5.41, 5.74) is 0.777. The number of amidine groups is 1. The van der Waals surface area contributed by atoms with Crippen LogP contribution in [0.1, 0.15) is 19.3 Å². The fourth-order valence-electron chi connectivity index (χ4n) is 3.26. The molecule has 2 heterocycles. The molecule has 128 valence electrons. The van der Waals surface area contributed by atoms with Gasteiger partial charge >= 0.3 is 0 Å². The van der Waals surface area contributed by atoms with E-state index in [2.05, 4.69) is 15.2 Å². The number of hydrogen-bond donors (Lipinski definition) is 1. The molecule has 1 N–H and O–H groups in total. The normalized spacial score (nSPS) is 20.2. The average molecular weight is 353 g/mol. The molecule has 1 fully saturated rings. The van der Waals surface area contributed by atoms with Crippen molar-refractivity contribution in [2.45, 2.75) is 24.5 Å². The third-order valence-corrected chi connectivity index (χ3v) is 5.75. The quantitative estimate of drug-likeness (QED) is 0.920. The van der Waals surface area contributed by atoms with Crippen LogP contribution in [-0.4, -0.2) is 40.2 Å². The van der Waals surface area contributed by atoms with Gasteiger partial charge in [0.1, 0.15) is 5.25 Å². The van der Waals surface area contributed by atoms with Crippen molar-refractivity contribution in [3.8, 4) is 0 Å². The Kier molecular flexibility index (Phi) is 4.44. The highest BCUT2D eigenvalue weighted by atomic mass is 32.2. The van der Waals surface area contributed by atoms with Gasteiger partial charge in [0.2, 0.25) is 5.91 Å². The van der Waals surface area contributed by atoms with Crippen LogP contribution in [0.5, 0.6) is 0 Å². The minimum atomic E-state index is -0.412. The Bertz CT molecular complexity index is 853. The summed E-state index contributed by atoms with van der Waals surface area (Å²) >= 11 is 1.42. The summed E-state index contributed by atoms with van der Waals surface area (Å²) < 4.78 is 0. The van der Waals surface area contributed by atoms with Gasteiger partial charge in [0.25, 0.3) is 5.91 Å². The second-order valence-electron chi connectivity index (χ2n) is 6.31. The Labute approximate surface area is 150 Å². The zero-order valence-corrected chi connectivity index (χ0v) is 14.6. The van der Waals surface area contributed by atoms with Crippen molar-refractivity contribution in [1.29, 1.82) is 0 Å². The van der Waals surface area contributed by atoms with Gasteiger partial charge in [-0.05, 0) is 24.3 Å². The van der Waals surface area contributed by atoms with Crippen molar-refractivity contribution in [3.05, 3.63) is 42.5 Å². The Balaban J connectivity index is 1.42. The van der Waals surface area contributed by atoms with Crippen LogP contribution in [0.2, 0.25) is 0 Å². The number of anilines is 1. The smallest absolute Gasteiger partial charge is 0.262 e. The molecule has 1 saturated heterocycles. The zero-order valence-electron chi connectivity index (χ0n) is 13.8. The van der Waals surface area contributed by atoms with E-state index >= 15 is 0 Å². The maximum atomic E-state index is 12.4. The van der Waals surface area contributed by atoms with Crippen LogP contribution in [0.4, 0.5) is 5.69 Å². The molecule has 5 nitrogen and oxygen atoms in total. The SMILES string of the molecule is O=C(C[C@@H]1SC(N2CCCC2)=NC1=O)Nc1cccc2ccccc12. The molecule has 0 unspecified atom stereocenters. The number of likely N-dealkylation sites (tertiary alicyclic amines) is 1. The largest absolute Gasteiger partial charge is 0.351 e. The summed E-state index contributed by atoms with van der Waals surface area (Å²) in [7, 11) is 0. The van der Waals surface area contributed by atoms with Gasteiger partial charge in [0, 0.05) is 30.6 Å². The van der Waals surface area contributed by atoms with E-state index in [4.69, 9.17) is 0 Å². The lowest BCUT2D eigenvalue weighted by Crippen LogP contribution is -2.25. The molecule has 4 rings (SSSR count). The third-order valence-electron chi connectivity index (χ3n) is 4.54. The Morgan fingerprint density at radius 3 is 2.76 bits per heavy atom. The van der Waals surface area contributed by atoms with Crippen LogP contribution >= 0.6 is 11.8 Å². The van der Waals surface area contributed by atoms with E-state index in [1.165, 1.54) is 11.8 Å². The molecule has 0 saturated carbocycles. The molecule has 0 radical (unpaired) electrons. The first kappa shape index (κ1) is 16.1. The van der Waals surface area contributed by atoms with Crippen molar-refractivity contribution in [3.63, 3.8) is 0 Å². The van der Waals surface area contributed by atoms with Crippen molar-refractivity contribution in [2.24, 2.45) is 4.99 Å². The topological polar surface area (TPSA) is 61.8 Å². The maximum absolute atomic E-state index is 12.4. The molecule has 2 aliphatic heterocycles. The third kappa shape index (κ3) is 3.39. The molecule has 1 atom stereocenters. The predicted octanol–water partition coefficient (Wildman–Crippen LogP) is 3.26. The lowest BCUT2D eigenvalue weighted by Gasteiger charge is -2.16. The van der Waals surface area contributed by atoms with Crippen LogP contribution in [0, 0.1) is 0 Å². The van der Waals surface area contributed by atoms with Gasteiger partial charge in [-0.25, -0.2) is 0 Å². The van der Waals surface area contributed by atoms with E-state index in [-0.39, 0.29) is 18.2 Å². The molecule has 0 aromatic heterocycles. The molecule has 0 spiro atoms. The monoisotopic (exact) mass is 353 g/mol. The van der Waals surface area contributed by atoms with Gasteiger partial charge < -0.3 is 10.2 Å². The molecule has 2 aromatic carbocycles. The summed E-state index contributed by atoms with van der Waals surface area (Å²) in [5.74, 6) is -0.347. The van der Waals surface area contributed by atoms with Crippen LogP contribution in [-0.2, 0) is 9.59 Å². The van der Waals surface area contributed by atoms with Crippen LogP contribution in [0.3, 0.4) is 0 Å². The minimum Gasteiger partial charge on any atom is -0.351 e. The van der Waals surface area contributed by atoms with E-state index in [0.717, 1.165) is 47.6 Å². The number of nitrogens with one attached hydrogen (secondary N) is 1. The molecular weight excluding hydrogens is 334 g/mol. The first-order valence-electron chi connectivity index (χ1n) is 8.52. The molecule has 0 aliphatic carbocycles. The maximum Gasteiger partial charge on any atom is 0.262 e. The number of carbonyl (C=O) groups is 2. The Morgan fingerprint density at radius 1 is 1.16 bits per heavy atom. The van der Waals surface area contributed by atoms with Crippen LogP contribution in [0.25, 0.3) is 10.8 Å². The molecule has 2 amide bonds. The molecule has 25 heavy (non-hydrogen) atoms. The van der Waals surface area contributed by atoms with Gasteiger partial charge in [0.15, 0.2) is 5.17 Å². The highest BCUT2D eigenvalue weighted by Crippen LogP contribution is 2.30. The number of carbonyl (C=O) groups excluding carboxylic acids is 2. The second kappa shape index (κ2) is 6.88. The molecular formula is C19H19N3O2S. The average Bonchev–Trinajstić information content (AvgIpc) is 3.26. The molecule has 6 heteroatoms. The van der Waals surface area contributed by atoms with E-state index < -0.39 is 5.25 Å². The molecule has 2 aromatic rings. The van der Waals surface area contributed by atoms with Crippen LogP contribution < -0.4 is 5.32 Å². The highest BCUT2D eigenvalue weighted by molar-refractivity contribution is 8.15. The van der Waals surface area contributed by atoms with E-state index in [9.17, 15) is 9.59 Å². The van der Waals surface area contributed by atoms with Crippen molar-refractivity contribution >= 4 is 45.2 Å². The summed E-state index contributed by atoms with van der Waals surface area (Å²) in [6.07, 6.45) is 2.42. The van der Waals surface area contributed by atoms with Gasteiger partial charge in [-0.1, -0.05) is 48.2 Å². The van der Waals surface area contributed by atoms with E-state index in [1.54, 1.807) is 0 Å². The van der Waals surface area contributed by atoms with Gasteiger partial charge in [-0.2, -0.15) is 4.99 Å². The lowest BCUT2D eigenvalue weighted by molar-refractivity contribution is -0.121. The van der Waals surface area contributed by atoms with Gasteiger partial charge in [-0.15, -0.1) is 0 Å². The number of aliphatic imine (C=N–C) groups is 1. The number of nitrogens with zero attached hydrogens (tertiary/aromatic N) is 2. The van der Waals surface area contributed by atoms with Crippen molar-refractivity contribution in [2.75, 3.05) is 18.4 Å². The number of thioether (sulfide) groups is 1. The Morgan fingerprint density at radius 2 is 1.92 bits per heavy atom. The summed E-state index contributed by atoms with van der Waals surface area (Å²) in [5, 5.41) is 5.39. The second-order valence-corrected chi connectivity index (χ2v) is 7.48. The first-order valence-corrected chi connectivity index (χ1v) is 9.40. The van der Waals surface area contributed by atoms with E-state index in [1.807, 2.05) is 42.5 Å². The summed E-state index contributed by atoms with van der Waals surface area (Å²) in [4.78, 5) is 30.9. The minimum absolute atomic E-state index is 0.146. The van der Waals surface area contributed by atoms with Gasteiger partial charge in [-0.3, -0.25) is 9.59 Å². The summed E-state index contributed by atoms with van der Waals surface area (Å²) in [6.45, 7) is 1.90. The number of hydrogen-bond acceptors (Lipinski definition) is 4. The standard InChI is InChI=1S/C19H19N3O2S/c23-17(20-15-9-5-7-13-6-1-2-8-14(13)15)12-16-18(24)21-19(25-16)22-10-3-4-11-22/h1-2,5-9,16H,3-4,10-12H2,(H,20,23)/t16-/m0/s1. The first-order chi connectivity index (χ1) is 12.2. The fraction of sp³-hybridized carbons (Fsp3) is 0.316. The number of rotatable bonds is 3. The number of fused-ring (bicyclic) bond motifs is 1. The lowest BCUT2D eigenvalue weighted by atomic mass is 10.1. The predicted molar refractivity (Wildman–Crippen MR) is 102 cm³/mol. The number of amides is 2. The Hall–Kier alpha value is -2.34. The summed E-state index contributed by atoms with van der Waals surface area (Å²) in [6, 6.07) is 13.7. The van der Waals surface area contributed by atoms with Crippen LogP contribution in [0.15, 0.2) is 47.5 Å². The van der Waals surface area contributed by atoms with Gasteiger partial charge in [0.05, 0.1) is 0 Å². The fourth-order valence-corrected chi connectivity index (χ4v) is 4.37. The van der Waals surface area contributed by atoms with E-state index in [0.29, 0.717) is 0 Å². The van der Waals surface area contributed by atoms with Crippen molar-refractivity contribution < 1.29 is 9.59 Å². The zero-order chi connectivity index (χ0) is 17.2. The molecule has 2 aliphatic rings. The molecule has 0 bridgehead atoms. The highest BCUT2D eigenvalue weighted by Gasteiger charge is 2.33. The van der Waals surface area contributed by atoms with Crippen molar-refractivity contribution in [1.82, 2.24) is 4.90 Å². The number of benzene rings is 2.